The lowest BCUT2D eigenvalue weighted by atomic mass is 10.0. The molecule has 3 heterocycles. The predicted molar refractivity (Wildman–Crippen MR) is 95.5 cm³/mol. The van der Waals surface area contributed by atoms with Crippen molar-refractivity contribution >= 4 is 11.5 Å². The molecule has 0 fully saturated rings. The van der Waals surface area contributed by atoms with Crippen molar-refractivity contribution in [2.75, 3.05) is 0 Å². The van der Waals surface area contributed by atoms with Crippen LogP contribution in [0.3, 0.4) is 0 Å². The van der Waals surface area contributed by atoms with Gasteiger partial charge in [0.1, 0.15) is 11.5 Å². The van der Waals surface area contributed by atoms with E-state index in [4.69, 9.17) is 0 Å². The zero-order valence-electron chi connectivity index (χ0n) is 13.8. The summed E-state index contributed by atoms with van der Waals surface area (Å²) in [6.45, 7) is 1.89. The first kappa shape index (κ1) is 16.0. The molecule has 0 aliphatic carbocycles. The number of rotatable bonds is 3. The zero-order valence-corrected chi connectivity index (χ0v) is 13.8. The highest BCUT2D eigenvalue weighted by atomic mass is 19.1. The smallest absolute Gasteiger partial charge is 0.337 e. The highest BCUT2D eigenvalue weighted by molar-refractivity contribution is 5.93. The van der Waals surface area contributed by atoms with Crippen LogP contribution in [0, 0.1) is 12.7 Å². The van der Waals surface area contributed by atoms with Crippen LogP contribution in [0.25, 0.3) is 28.0 Å². The Kier molecular flexibility index (Phi) is 3.73. The van der Waals surface area contributed by atoms with Crippen LogP contribution < -0.4 is 0 Å². The zero-order chi connectivity index (χ0) is 18.3. The average Bonchev–Trinajstić information content (AvgIpc) is 3.01. The van der Waals surface area contributed by atoms with Crippen molar-refractivity contribution < 1.29 is 14.3 Å². The van der Waals surface area contributed by atoms with Gasteiger partial charge >= 0.3 is 5.97 Å². The van der Waals surface area contributed by atoms with E-state index in [1.165, 1.54) is 28.9 Å². The number of aryl methyl sites for hydroxylation is 1. The number of pyridine rings is 2. The highest BCUT2D eigenvalue weighted by Gasteiger charge is 2.18. The molecule has 4 rings (SSSR count). The summed E-state index contributed by atoms with van der Waals surface area (Å²) in [5.74, 6) is -1.35. The van der Waals surface area contributed by atoms with E-state index < -0.39 is 5.97 Å². The summed E-state index contributed by atoms with van der Waals surface area (Å²) in [6.07, 6.45) is 1.46. The molecule has 0 aliphatic rings. The number of carboxylic acid groups (broad SMARTS) is 1. The molecule has 1 aromatic carbocycles. The highest BCUT2D eigenvalue weighted by Crippen LogP contribution is 2.34. The van der Waals surface area contributed by atoms with Gasteiger partial charge in [0, 0.05) is 17.5 Å². The van der Waals surface area contributed by atoms with Crippen molar-refractivity contribution in [2.24, 2.45) is 0 Å². The average molecular weight is 347 g/mol. The Labute approximate surface area is 148 Å². The monoisotopic (exact) mass is 347 g/mol. The van der Waals surface area contributed by atoms with Crippen LogP contribution >= 0.6 is 0 Å². The molecule has 5 nitrogen and oxygen atoms in total. The summed E-state index contributed by atoms with van der Waals surface area (Å²) < 4.78 is 14.9. The van der Waals surface area contributed by atoms with E-state index in [9.17, 15) is 14.3 Å². The molecule has 0 amide bonds. The molecule has 0 saturated heterocycles. The fourth-order valence-electron chi connectivity index (χ4n) is 2.93. The van der Waals surface area contributed by atoms with Crippen LogP contribution in [-0.2, 0) is 0 Å². The second kappa shape index (κ2) is 6.07. The first-order valence-electron chi connectivity index (χ1n) is 7.98. The SMILES string of the molecule is Cc1cccc(-c2nn3cc(C(=O)O)ccc3c2-c2ccc(F)cc2)n1. The standard InChI is InChI=1S/C20H14FN3O2/c1-12-3-2-4-16(22-12)19-18(13-5-8-15(21)9-6-13)17-10-7-14(20(25)26)11-24(17)23-19/h2-11H,1H3,(H,25,26). The number of nitrogens with zero attached hydrogens (tertiary/aromatic N) is 3. The van der Waals surface area contributed by atoms with Crippen molar-refractivity contribution in [3.63, 3.8) is 0 Å². The number of aromatic nitrogens is 3. The quantitative estimate of drug-likeness (QED) is 0.603. The summed E-state index contributed by atoms with van der Waals surface area (Å²) in [5, 5.41) is 13.8. The van der Waals surface area contributed by atoms with Gasteiger partial charge in [0.15, 0.2) is 0 Å². The van der Waals surface area contributed by atoms with Gasteiger partial charge in [-0.2, -0.15) is 5.10 Å². The number of benzene rings is 1. The Morgan fingerprint density at radius 1 is 1.08 bits per heavy atom. The normalized spacial score (nSPS) is 11.0. The fourth-order valence-corrected chi connectivity index (χ4v) is 2.93. The molecule has 1 N–H and O–H groups in total. The number of hydrogen-bond donors (Lipinski definition) is 1. The molecular weight excluding hydrogens is 333 g/mol. The van der Waals surface area contributed by atoms with Crippen molar-refractivity contribution in [2.45, 2.75) is 6.92 Å². The molecule has 0 aliphatic heterocycles. The Hall–Kier alpha value is -3.54. The Bertz CT molecular complexity index is 1130. The second-order valence-corrected chi connectivity index (χ2v) is 5.95. The summed E-state index contributed by atoms with van der Waals surface area (Å²) >= 11 is 0. The molecule has 3 aromatic heterocycles. The molecule has 0 unspecified atom stereocenters. The summed E-state index contributed by atoms with van der Waals surface area (Å²) in [6, 6.07) is 15.0. The lowest BCUT2D eigenvalue weighted by Crippen LogP contribution is -1.99. The maximum atomic E-state index is 13.4. The number of aromatic carboxylic acids is 1. The van der Waals surface area contributed by atoms with E-state index >= 15 is 0 Å². The van der Waals surface area contributed by atoms with Gasteiger partial charge in [-0.05, 0) is 48.9 Å². The van der Waals surface area contributed by atoms with Gasteiger partial charge < -0.3 is 5.11 Å². The Morgan fingerprint density at radius 2 is 1.85 bits per heavy atom. The first-order chi connectivity index (χ1) is 12.5. The summed E-state index contributed by atoms with van der Waals surface area (Å²) in [7, 11) is 0. The molecule has 0 atom stereocenters. The predicted octanol–water partition coefficient (Wildman–Crippen LogP) is 4.21. The minimum Gasteiger partial charge on any atom is -0.478 e. The van der Waals surface area contributed by atoms with E-state index in [0.717, 1.165) is 22.3 Å². The lowest BCUT2D eigenvalue weighted by Gasteiger charge is -2.04. The largest absolute Gasteiger partial charge is 0.478 e. The number of carbonyl (C=O) groups is 1. The molecule has 0 spiro atoms. The number of carboxylic acids is 1. The van der Waals surface area contributed by atoms with Crippen LogP contribution in [0.2, 0.25) is 0 Å². The molecule has 4 aromatic rings. The number of hydrogen-bond acceptors (Lipinski definition) is 3. The van der Waals surface area contributed by atoms with Gasteiger partial charge in [0.2, 0.25) is 0 Å². The molecule has 6 heteroatoms. The van der Waals surface area contributed by atoms with Crippen molar-refractivity contribution in [1.82, 2.24) is 14.6 Å². The minimum absolute atomic E-state index is 0.134. The van der Waals surface area contributed by atoms with Crippen LogP contribution in [-0.4, -0.2) is 25.7 Å². The van der Waals surface area contributed by atoms with Gasteiger partial charge in [0.25, 0.3) is 0 Å². The van der Waals surface area contributed by atoms with Gasteiger partial charge in [-0.1, -0.05) is 18.2 Å². The van der Waals surface area contributed by atoms with Crippen molar-refractivity contribution in [1.29, 1.82) is 0 Å². The third-order valence-electron chi connectivity index (χ3n) is 4.14. The van der Waals surface area contributed by atoms with Crippen LogP contribution in [0.15, 0.2) is 60.8 Å². The molecule has 128 valence electrons. The van der Waals surface area contributed by atoms with Crippen molar-refractivity contribution in [3.05, 3.63) is 77.9 Å². The summed E-state index contributed by atoms with van der Waals surface area (Å²) in [4.78, 5) is 15.8. The maximum absolute atomic E-state index is 13.4. The van der Waals surface area contributed by atoms with E-state index in [1.807, 2.05) is 25.1 Å². The fraction of sp³-hybridized carbons (Fsp3) is 0.0500. The van der Waals surface area contributed by atoms with E-state index in [2.05, 4.69) is 10.1 Å². The Balaban J connectivity index is 2.03. The lowest BCUT2D eigenvalue weighted by molar-refractivity contribution is 0.0696. The van der Waals surface area contributed by atoms with Crippen LogP contribution in [0.4, 0.5) is 4.39 Å². The minimum atomic E-state index is -1.03. The molecule has 0 bridgehead atoms. The van der Waals surface area contributed by atoms with Crippen LogP contribution in [0.5, 0.6) is 0 Å². The van der Waals surface area contributed by atoms with Crippen molar-refractivity contribution in [3.8, 4) is 22.5 Å². The summed E-state index contributed by atoms with van der Waals surface area (Å²) in [5.41, 5.74) is 4.54. The number of fused-ring (bicyclic) bond motifs is 1. The van der Waals surface area contributed by atoms with Gasteiger partial charge in [0.05, 0.1) is 16.8 Å². The first-order valence-corrected chi connectivity index (χ1v) is 7.98. The van der Waals surface area contributed by atoms with E-state index in [1.54, 1.807) is 18.2 Å². The topological polar surface area (TPSA) is 67.5 Å². The Morgan fingerprint density at radius 3 is 2.54 bits per heavy atom. The molecule has 0 radical (unpaired) electrons. The van der Waals surface area contributed by atoms with Crippen LogP contribution in [0.1, 0.15) is 16.1 Å². The molecular formula is C20H14FN3O2. The second-order valence-electron chi connectivity index (χ2n) is 5.95. The maximum Gasteiger partial charge on any atom is 0.337 e. The van der Waals surface area contributed by atoms with Gasteiger partial charge in [-0.15, -0.1) is 0 Å². The van der Waals surface area contributed by atoms with Gasteiger partial charge in [-0.3, -0.25) is 4.98 Å². The number of halogens is 1. The molecule has 26 heavy (non-hydrogen) atoms. The third kappa shape index (κ3) is 2.71. The van der Waals surface area contributed by atoms with E-state index in [0.29, 0.717) is 11.4 Å². The van der Waals surface area contributed by atoms with E-state index in [-0.39, 0.29) is 11.4 Å². The molecule has 0 saturated carbocycles. The third-order valence-corrected chi connectivity index (χ3v) is 4.14. The van der Waals surface area contributed by atoms with Gasteiger partial charge in [-0.25, -0.2) is 13.7 Å².